The van der Waals surface area contributed by atoms with Gasteiger partial charge in [-0.05, 0) is 30.9 Å². The summed E-state index contributed by atoms with van der Waals surface area (Å²) in [5.41, 5.74) is 0.750. The number of hydrogen-bond acceptors (Lipinski definition) is 2. The molecule has 1 atom stereocenters. The average molecular weight is 248 g/mol. The molecule has 3 heteroatoms. The quantitative estimate of drug-likeness (QED) is 0.864. The Kier molecular flexibility index (Phi) is 3.71. The summed E-state index contributed by atoms with van der Waals surface area (Å²) in [5, 5.41) is 19.5. The van der Waals surface area contributed by atoms with Gasteiger partial charge in [0.05, 0.1) is 11.5 Å². The van der Waals surface area contributed by atoms with Crippen LogP contribution in [-0.2, 0) is 10.2 Å². The van der Waals surface area contributed by atoms with Crippen molar-refractivity contribution in [2.24, 2.45) is 0 Å². The second kappa shape index (κ2) is 5.11. The van der Waals surface area contributed by atoms with E-state index in [9.17, 15) is 15.0 Å². The molecule has 0 saturated heterocycles. The van der Waals surface area contributed by atoms with Gasteiger partial charge in [-0.25, -0.2) is 0 Å². The molecule has 0 aromatic heterocycles. The maximum absolute atomic E-state index is 11.8. The molecule has 1 aromatic rings. The van der Waals surface area contributed by atoms with Crippen LogP contribution in [0.15, 0.2) is 24.3 Å². The molecule has 1 unspecified atom stereocenters. The van der Waals surface area contributed by atoms with Crippen molar-refractivity contribution in [2.45, 2.75) is 50.5 Å². The minimum absolute atomic E-state index is 0.626. The molecule has 98 valence electrons. The van der Waals surface area contributed by atoms with Crippen LogP contribution in [0.2, 0.25) is 0 Å². The van der Waals surface area contributed by atoms with Crippen molar-refractivity contribution < 1.29 is 15.0 Å². The van der Waals surface area contributed by atoms with Crippen LogP contribution in [0, 0.1) is 0 Å². The molecule has 18 heavy (non-hydrogen) atoms. The average Bonchev–Trinajstić information content (AvgIpc) is 2.39. The fraction of sp³-hybridized carbons (Fsp3) is 0.533. The van der Waals surface area contributed by atoms with Crippen molar-refractivity contribution in [1.29, 1.82) is 0 Å². The first-order chi connectivity index (χ1) is 8.58. The van der Waals surface area contributed by atoms with E-state index in [0.717, 1.165) is 30.4 Å². The third-order valence-corrected chi connectivity index (χ3v) is 4.04. The van der Waals surface area contributed by atoms with Gasteiger partial charge < -0.3 is 10.2 Å². The number of carboxylic acid groups (broad SMARTS) is 1. The van der Waals surface area contributed by atoms with Gasteiger partial charge in [0.2, 0.25) is 0 Å². The zero-order chi connectivity index (χ0) is 13.2. The summed E-state index contributed by atoms with van der Waals surface area (Å²) in [4.78, 5) is 11.8. The molecule has 0 heterocycles. The predicted molar refractivity (Wildman–Crippen MR) is 69.5 cm³/mol. The first-order valence-corrected chi connectivity index (χ1v) is 6.59. The van der Waals surface area contributed by atoms with Gasteiger partial charge in [0, 0.05) is 0 Å². The second-order valence-corrected chi connectivity index (χ2v) is 5.21. The number of benzene rings is 1. The number of rotatable bonds is 3. The van der Waals surface area contributed by atoms with E-state index < -0.39 is 17.5 Å². The van der Waals surface area contributed by atoms with Crippen molar-refractivity contribution >= 4 is 5.97 Å². The summed E-state index contributed by atoms with van der Waals surface area (Å²) in [5.74, 6) is -0.754. The van der Waals surface area contributed by atoms with Crippen LogP contribution in [-0.4, -0.2) is 16.2 Å². The Morgan fingerprint density at radius 2 is 1.83 bits per heavy atom. The summed E-state index contributed by atoms with van der Waals surface area (Å²) < 4.78 is 0. The normalized spacial score (nSPS) is 20.3. The molecule has 2 N–H and O–H groups in total. The molecule has 0 spiro atoms. The largest absolute Gasteiger partial charge is 0.481 e. The SMILES string of the molecule is CC(O)c1ccccc1C1(C(=O)O)CCCCC1. The minimum Gasteiger partial charge on any atom is -0.481 e. The van der Waals surface area contributed by atoms with Gasteiger partial charge in [-0.1, -0.05) is 43.5 Å². The van der Waals surface area contributed by atoms with Crippen molar-refractivity contribution in [2.75, 3.05) is 0 Å². The van der Waals surface area contributed by atoms with Crippen molar-refractivity contribution in [3.8, 4) is 0 Å². The zero-order valence-corrected chi connectivity index (χ0v) is 10.7. The van der Waals surface area contributed by atoms with E-state index in [1.807, 2.05) is 24.3 Å². The number of carboxylic acids is 1. The summed E-state index contributed by atoms with van der Waals surface area (Å²) in [7, 11) is 0. The van der Waals surface area contributed by atoms with Gasteiger partial charge in [0.1, 0.15) is 0 Å². The Hall–Kier alpha value is -1.35. The van der Waals surface area contributed by atoms with Gasteiger partial charge in [-0.3, -0.25) is 4.79 Å². The van der Waals surface area contributed by atoms with Crippen molar-refractivity contribution in [1.82, 2.24) is 0 Å². The summed E-state index contributed by atoms with van der Waals surface area (Å²) >= 11 is 0. The maximum atomic E-state index is 11.8. The first kappa shape index (κ1) is 13.1. The molecule has 0 radical (unpaired) electrons. The Bertz CT molecular complexity index is 431. The minimum atomic E-state index is -0.800. The summed E-state index contributed by atoms with van der Waals surface area (Å²) in [6.45, 7) is 1.69. The lowest BCUT2D eigenvalue weighted by atomic mass is 9.68. The van der Waals surface area contributed by atoms with Crippen LogP contribution in [0.1, 0.15) is 56.3 Å². The van der Waals surface area contributed by atoms with Gasteiger partial charge in [-0.15, -0.1) is 0 Å². The third-order valence-electron chi connectivity index (χ3n) is 4.04. The molecule has 1 aliphatic rings. The van der Waals surface area contributed by atoms with Crippen molar-refractivity contribution in [3.63, 3.8) is 0 Å². The molecule has 0 bridgehead atoms. The Morgan fingerprint density at radius 3 is 2.39 bits per heavy atom. The highest BCUT2D eigenvalue weighted by Gasteiger charge is 2.42. The van der Waals surface area contributed by atoms with E-state index in [1.165, 1.54) is 0 Å². The molecular formula is C15H20O3. The fourth-order valence-corrected chi connectivity index (χ4v) is 3.05. The van der Waals surface area contributed by atoms with Gasteiger partial charge in [0.15, 0.2) is 0 Å². The number of carbonyl (C=O) groups is 1. The van der Waals surface area contributed by atoms with Gasteiger partial charge in [0.25, 0.3) is 0 Å². The lowest BCUT2D eigenvalue weighted by Crippen LogP contribution is -2.38. The molecular weight excluding hydrogens is 228 g/mol. The molecule has 1 aliphatic carbocycles. The highest BCUT2D eigenvalue weighted by molar-refractivity contribution is 5.82. The van der Waals surface area contributed by atoms with Crippen molar-refractivity contribution in [3.05, 3.63) is 35.4 Å². The molecule has 0 amide bonds. The van der Waals surface area contributed by atoms with Crippen LogP contribution >= 0.6 is 0 Å². The summed E-state index contributed by atoms with van der Waals surface area (Å²) in [6, 6.07) is 7.41. The smallest absolute Gasteiger partial charge is 0.314 e. The Morgan fingerprint density at radius 1 is 1.22 bits per heavy atom. The predicted octanol–water partition coefficient (Wildman–Crippen LogP) is 3.03. The number of aliphatic carboxylic acids is 1. The maximum Gasteiger partial charge on any atom is 0.314 e. The van der Waals surface area contributed by atoms with Crippen LogP contribution in [0.4, 0.5) is 0 Å². The monoisotopic (exact) mass is 248 g/mol. The molecule has 0 aliphatic heterocycles. The van der Waals surface area contributed by atoms with E-state index in [4.69, 9.17) is 0 Å². The molecule has 1 aromatic carbocycles. The number of aliphatic hydroxyl groups is 1. The topological polar surface area (TPSA) is 57.5 Å². The molecule has 1 saturated carbocycles. The van der Waals surface area contributed by atoms with Crippen LogP contribution < -0.4 is 0 Å². The van der Waals surface area contributed by atoms with E-state index in [1.54, 1.807) is 6.92 Å². The van der Waals surface area contributed by atoms with E-state index in [0.29, 0.717) is 12.8 Å². The Labute approximate surface area is 107 Å². The molecule has 2 rings (SSSR count). The highest BCUT2D eigenvalue weighted by atomic mass is 16.4. The number of aliphatic hydroxyl groups excluding tert-OH is 1. The van der Waals surface area contributed by atoms with Crippen LogP contribution in [0.3, 0.4) is 0 Å². The van der Waals surface area contributed by atoms with E-state index in [2.05, 4.69) is 0 Å². The van der Waals surface area contributed by atoms with Crippen LogP contribution in [0.5, 0.6) is 0 Å². The van der Waals surface area contributed by atoms with Gasteiger partial charge in [-0.2, -0.15) is 0 Å². The first-order valence-electron chi connectivity index (χ1n) is 6.59. The standard InChI is InChI=1S/C15H20O3/c1-11(16)12-7-3-4-8-13(12)15(14(17)18)9-5-2-6-10-15/h3-4,7-8,11,16H,2,5-6,9-10H2,1H3,(H,17,18). The fourth-order valence-electron chi connectivity index (χ4n) is 3.05. The van der Waals surface area contributed by atoms with Gasteiger partial charge >= 0.3 is 5.97 Å². The lowest BCUT2D eigenvalue weighted by molar-refractivity contribution is -0.145. The highest BCUT2D eigenvalue weighted by Crippen LogP contribution is 2.42. The number of hydrogen-bond donors (Lipinski definition) is 2. The zero-order valence-electron chi connectivity index (χ0n) is 10.7. The molecule has 3 nitrogen and oxygen atoms in total. The Balaban J connectivity index is 2.52. The van der Waals surface area contributed by atoms with Crippen LogP contribution in [0.25, 0.3) is 0 Å². The van der Waals surface area contributed by atoms with E-state index in [-0.39, 0.29) is 0 Å². The molecule has 1 fully saturated rings. The third kappa shape index (κ3) is 2.15. The lowest BCUT2D eigenvalue weighted by Gasteiger charge is -2.35. The summed E-state index contributed by atoms with van der Waals surface area (Å²) in [6.07, 6.45) is 3.71. The van der Waals surface area contributed by atoms with E-state index >= 15 is 0 Å². The second-order valence-electron chi connectivity index (χ2n) is 5.21.